The molecule has 2 rings (SSSR count). The summed E-state index contributed by atoms with van der Waals surface area (Å²) >= 11 is 0. The molecule has 28 heavy (non-hydrogen) atoms. The number of nitrogens with zero attached hydrogens (tertiary/aromatic N) is 2. The second-order valence-corrected chi connectivity index (χ2v) is 6.74. The third-order valence-corrected chi connectivity index (χ3v) is 3.40. The molecule has 0 saturated heterocycles. The van der Waals surface area contributed by atoms with Gasteiger partial charge < -0.3 is 18.8 Å². The lowest BCUT2D eigenvalue weighted by atomic mass is 10.1. The molecule has 150 valence electrons. The van der Waals surface area contributed by atoms with Crippen molar-refractivity contribution < 1.29 is 28.6 Å². The van der Waals surface area contributed by atoms with Crippen LogP contribution in [-0.4, -0.2) is 46.9 Å². The van der Waals surface area contributed by atoms with Gasteiger partial charge in [0.25, 0.3) is 0 Å². The topological polar surface area (TPSA) is 109 Å². The normalized spacial score (nSPS) is 10.9. The van der Waals surface area contributed by atoms with Gasteiger partial charge in [0.05, 0.1) is 30.7 Å². The first-order chi connectivity index (χ1) is 13.1. The molecule has 2 aromatic rings. The summed E-state index contributed by atoms with van der Waals surface area (Å²) in [6.45, 7) is 7.15. The Morgan fingerprint density at radius 1 is 1.18 bits per heavy atom. The van der Waals surface area contributed by atoms with Gasteiger partial charge in [0, 0.05) is 6.20 Å². The molecule has 0 aliphatic heterocycles. The molecule has 0 spiro atoms. The molecule has 1 N–H and O–H groups in total. The standard InChI is InChI=1S/C19H23N3O6/c1-6-27-17(24)14-10-22(11-20-14)15-9-12(16(23)26-5)7-8-13(15)21-18(25)28-19(2,3)4/h7-11H,6H2,1-5H3,(H,21,25). The van der Waals surface area contributed by atoms with Crippen LogP contribution < -0.4 is 5.32 Å². The average molecular weight is 389 g/mol. The number of methoxy groups -OCH3 is 1. The van der Waals surface area contributed by atoms with Crippen LogP contribution in [0.25, 0.3) is 5.69 Å². The first-order valence-corrected chi connectivity index (χ1v) is 8.58. The lowest BCUT2D eigenvalue weighted by Gasteiger charge is -2.20. The molecule has 1 aromatic heterocycles. The van der Waals surface area contributed by atoms with Crippen molar-refractivity contribution in [3.63, 3.8) is 0 Å². The Hall–Kier alpha value is -3.36. The number of nitrogens with one attached hydrogen (secondary N) is 1. The number of ether oxygens (including phenoxy) is 3. The number of rotatable bonds is 5. The minimum Gasteiger partial charge on any atom is -0.465 e. The number of benzene rings is 1. The van der Waals surface area contributed by atoms with Gasteiger partial charge in [-0.2, -0.15) is 0 Å². The fourth-order valence-electron chi connectivity index (χ4n) is 2.27. The van der Waals surface area contributed by atoms with Crippen molar-refractivity contribution in [3.05, 3.63) is 42.0 Å². The highest BCUT2D eigenvalue weighted by Gasteiger charge is 2.20. The summed E-state index contributed by atoms with van der Waals surface area (Å²) in [5.74, 6) is -1.12. The lowest BCUT2D eigenvalue weighted by Crippen LogP contribution is -2.27. The third kappa shape index (κ3) is 5.32. The summed E-state index contributed by atoms with van der Waals surface area (Å²) in [6.07, 6.45) is 2.16. The molecule has 0 aliphatic rings. The van der Waals surface area contributed by atoms with E-state index in [0.717, 1.165) is 0 Å². The molecular formula is C19H23N3O6. The molecule has 0 atom stereocenters. The summed E-state index contributed by atoms with van der Waals surface area (Å²) in [4.78, 5) is 39.9. The van der Waals surface area contributed by atoms with Gasteiger partial charge in [-0.15, -0.1) is 0 Å². The molecule has 9 heteroatoms. The van der Waals surface area contributed by atoms with Gasteiger partial charge in [-0.05, 0) is 45.9 Å². The highest BCUT2D eigenvalue weighted by atomic mass is 16.6. The number of carbonyl (C=O) groups is 3. The molecule has 1 aromatic carbocycles. The molecule has 0 saturated carbocycles. The van der Waals surface area contributed by atoms with Crippen LogP contribution in [0.4, 0.5) is 10.5 Å². The Morgan fingerprint density at radius 3 is 2.50 bits per heavy atom. The Bertz CT molecular complexity index is 882. The number of amides is 1. The van der Waals surface area contributed by atoms with Crippen LogP contribution in [0, 0.1) is 0 Å². The zero-order valence-corrected chi connectivity index (χ0v) is 16.4. The van der Waals surface area contributed by atoms with Crippen LogP contribution in [0.2, 0.25) is 0 Å². The Labute approximate surface area is 162 Å². The van der Waals surface area contributed by atoms with Gasteiger partial charge >= 0.3 is 18.0 Å². The molecule has 1 amide bonds. The Morgan fingerprint density at radius 2 is 1.89 bits per heavy atom. The van der Waals surface area contributed by atoms with Crippen LogP contribution in [0.15, 0.2) is 30.7 Å². The van der Waals surface area contributed by atoms with E-state index in [2.05, 4.69) is 10.3 Å². The Kier molecular flexibility index (Phi) is 6.40. The van der Waals surface area contributed by atoms with Crippen molar-refractivity contribution in [2.45, 2.75) is 33.3 Å². The van der Waals surface area contributed by atoms with Crippen LogP contribution in [0.3, 0.4) is 0 Å². The molecule has 0 unspecified atom stereocenters. The summed E-state index contributed by atoms with van der Waals surface area (Å²) in [5, 5.41) is 2.64. The summed E-state index contributed by atoms with van der Waals surface area (Å²) < 4.78 is 16.4. The quantitative estimate of drug-likeness (QED) is 0.618. The molecule has 0 radical (unpaired) electrons. The smallest absolute Gasteiger partial charge is 0.412 e. The lowest BCUT2D eigenvalue weighted by molar-refractivity contribution is 0.0518. The number of esters is 2. The molecule has 0 bridgehead atoms. The molecular weight excluding hydrogens is 366 g/mol. The van der Waals surface area contributed by atoms with E-state index < -0.39 is 23.6 Å². The number of anilines is 1. The first kappa shape index (κ1) is 20.9. The van der Waals surface area contributed by atoms with Gasteiger partial charge in [-0.1, -0.05) is 0 Å². The monoisotopic (exact) mass is 389 g/mol. The zero-order chi connectivity index (χ0) is 20.9. The average Bonchev–Trinajstić information content (AvgIpc) is 3.10. The largest absolute Gasteiger partial charge is 0.465 e. The molecule has 1 heterocycles. The van der Waals surface area contributed by atoms with Crippen molar-refractivity contribution >= 4 is 23.7 Å². The van der Waals surface area contributed by atoms with Crippen LogP contribution in [-0.2, 0) is 14.2 Å². The van der Waals surface area contributed by atoms with Gasteiger partial charge in [0.1, 0.15) is 11.9 Å². The fourth-order valence-corrected chi connectivity index (χ4v) is 2.27. The second-order valence-electron chi connectivity index (χ2n) is 6.74. The highest BCUT2D eigenvalue weighted by Crippen LogP contribution is 2.24. The summed E-state index contributed by atoms with van der Waals surface area (Å²) in [6, 6.07) is 4.55. The Balaban J connectivity index is 2.42. The highest BCUT2D eigenvalue weighted by molar-refractivity contribution is 5.94. The van der Waals surface area contributed by atoms with Crippen molar-refractivity contribution in [1.29, 1.82) is 0 Å². The number of imidazole rings is 1. The van der Waals surface area contributed by atoms with Crippen molar-refractivity contribution in [1.82, 2.24) is 9.55 Å². The van der Waals surface area contributed by atoms with Crippen molar-refractivity contribution in [2.24, 2.45) is 0 Å². The summed E-state index contributed by atoms with van der Waals surface area (Å²) in [5.41, 5.74) is 0.432. The van der Waals surface area contributed by atoms with Gasteiger partial charge in [0.2, 0.25) is 0 Å². The number of carbonyl (C=O) groups excluding carboxylic acids is 3. The SMILES string of the molecule is CCOC(=O)c1cn(-c2cc(C(=O)OC)ccc2NC(=O)OC(C)(C)C)cn1. The van der Waals surface area contributed by atoms with E-state index in [4.69, 9.17) is 14.2 Å². The van der Waals surface area contributed by atoms with E-state index in [1.807, 2.05) is 0 Å². The van der Waals surface area contributed by atoms with Crippen LogP contribution in [0.1, 0.15) is 48.5 Å². The zero-order valence-electron chi connectivity index (χ0n) is 16.4. The van der Waals surface area contributed by atoms with E-state index in [1.54, 1.807) is 27.7 Å². The molecule has 0 fully saturated rings. The van der Waals surface area contributed by atoms with Gasteiger partial charge in [-0.25, -0.2) is 19.4 Å². The minimum atomic E-state index is -0.678. The van der Waals surface area contributed by atoms with E-state index >= 15 is 0 Å². The van der Waals surface area contributed by atoms with E-state index in [9.17, 15) is 14.4 Å². The predicted molar refractivity (Wildman–Crippen MR) is 101 cm³/mol. The number of hydrogen-bond acceptors (Lipinski definition) is 7. The van der Waals surface area contributed by atoms with Crippen molar-refractivity contribution in [2.75, 3.05) is 19.0 Å². The van der Waals surface area contributed by atoms with E-state index in [0.29, 0.717) is 11.4 Å². The predicted octanol–water partition coefficient (Wildman–Crippen LogP) is 3.18. The van der Waals surface area contributed by atoms with E-state index in [1.165, 1.54) is 42.4 Å². The maximum Gasteiger partial charge on any atom is 0.412 e. The van der Waals surface area contributed by atoms with Crippen molar-refractivity contribution in [3.8, 4) is 5.69 Å². The van der Waals surface area contributed by atoms with Gasteiger partial charge in [0.15, 0.2) is 5.69 Å². The molecule has 9 nitrogen and oxygen atoms in total. The second kappa shape index (κ2) is 8.55. The number of aromatic nitrogens is 2. The van der Waals surface area contributed by atoms with Crippen LogP contribution >= 0.6 is 0 Å². The van der Waals surface area contributed by atoms with Crippen LogP contribution in [0.5, 0.6) is 0 Å². The maximum atomic E-state index is 12.2. The minimum absolute atomic E-state index is 0.0912. The maximum absolute atomic E-state index is 12.2. The first-order valence-electron chi connectivity index (χ1n) is 8.58. The third-order valence-electron chi connectivity index (χ3n) is 3.40. The fraction of sp³-hybridized carbons (Fsp3) is 0.368. The van der Waals surface area contributed by atoms with Gasteiger partial charge in [-0.3, -0.25) is 5.32 Å². The van der Waals surface area contributed by atoms with E-state index in [-0.39, 0.29) is 17.9 Å². The number of hydrogen-bond donors (Lipinski definition) is 1. The summed E-state index contributed by atoms with van der Waals surface area (Å²) in [7, 11) is 1.27. The molecule has 0 aliphatic carbocycles.